The van der Waals surface area contributed by atoms with Crippen molar-refractivity contribution in [3.63, 3.8) is 0 Å². The van der Waals surface area contributed by atoms with Gasteiger partial charge in [0.05, 0.1) is 19.8 Å². The zero-order valence-electron chi connectivity index (χ0n) is 12.5. The van der Waals surface area contributed by atoms with E-state index in [1.807, 2.05) is 0 Å². The summed E-state index contributed by atoms with van der Waals surface area (Å²) in [6.45, 7) is 0. The summed E-state index contributed by atoms with van der Waals surface area (Å²) >= 11 is 0. The quantitative estimate of drug-likeness (QED) is 0.772. The Balaban J connectivity index is 2.30. The van der Waals surface area contributed by atoms with Gasteiger partial charge < -0.3 is 24.1 Å². The molecule has 0 aliphatic heterocycles. The van der Waals surface area contributed by atoms with E-state index in [1.54, 1.807) is 12.1 Å². The zero-order chi connectivity index (χ0) is 16.6. The number of aromatic hydroxyl groups is 2. The van der Waals surface area contributed by atoms with Crippen LogP contribution in [-0.4, -0.2) is 24.4 Å². The highest BCUT2D eigenvalue weighted by molar-refractivity contribution is 5.88. The number of phenolic OH excluding ortho intramolecular Hbond substituents is 2. The van der Waals surface area contributed by atoms with Crippen LogP contribution in [0.25, 0.3) is 22.1 Å². The third-order valence-corrected chi connectivity index (χ3v) is 3.54. The minimum Gasteiger partial charge on any atom is -0.508 e. The van der Waals surface area contributed by atoms with Crippen molar-refractivity contribution in [1.29, 1.82) is 0 Å². The smallest absolute Gasteiger partial charge is 0.204 e. The highest BCUT2D eigenvalue weighted by atomic mass is 16.5. The molecule has 0 spiro atoms. The van der Waals surface area contributed by atoms with E-state index in [2.05, 4.69) is 0 Å². The fraction of sp³-hybridized carbons (Fsp3) is 0.118. The molecule has 118 valence electrons. The van der Waals surface area contributed by atoms with Crippen LogP contribution in [0.5, 0.6) is 23.0 Å². The average molecular weight is 314 g/mol. The summed E-state index contributed by atoms with van der Waals surface area (Å²) in [7, 11) is 2.83. The van der Waals surface area contributed by atoms with Crippen LogP contribution in [0.2, 0.25) is 0 Å². The molecule has 3 rings (SSSR count). The van der Waals surface area contributed by atoms with Crippen LogP contribution in [0.4, 0.5) is 0 Å². The summed E-state index contributed by atoms with van der Waals surface area (Å²) in [6, 6.07) is 7.26. The maximum Gasteiger partial charge on any atom is 0.204 e. The van der Waals surface area contributed by atoms with Crippen LogP contribution in [0, 0.1) is 0 Å². The number of ether oxygens (including phenoxy) is 2. The van der Waals surface area contributed by atoms with Gasteiger partial charge in [0, 0.05) is 12.1 Å². The molecule has 1 heterocycles. The maximum absolute atomic E-state index is 12.8. The van der Waals surface area contributed by atoms with Crippen LogP contribution in [0.3, 0.4) is 0 Å². The molecule has 2 aromatic carbocycles. The van der Waals surface area contributed by atoms with Gasteiger partial charge in [0.25, 0.3) is 0 Å². The molecule has 0 atom stereocenters. The van der Waals surface area contributed by atoms with Gasteiger partial charge in [0.15, 0.2) is 11.5 Å². The molecule has 2 N–H and O–H groups in total. The molecule has 0 aliphatic rings. The van der Waals surface area contributed by atoms with Gasteiger partial charge in [0.1, 0.15) is 28.7 Å². The van der Waals surface area contributed by atoms with Crippen LogP contribution >= 0.6 is 0 Å². The molecule has 0 bridgehead atoms. The number of methoxy groups -OCH3 is 2. The molecule has 0 fully saturated rings. The number of fused-ring (bicyclic) bond motifs is 1. The highest BCUT2D eigenvalue weighted by Gasteiger charge is 2.16. The van der Waals surface area contributed by atoms with Gasteiger partial charge in [-0.2, -0.15) is 0 Å². The van der Waals surface area contributed by atoms with E-state index in [9.17, 15) is 15.0 Å². The first kappa shape index (κ1) is 14.8. The lowest BCUT2D eigenvalue weighted by atomic mass is 10.0. The summed E-state index contributed by atoms with van der Waals surface area (Å²) < 4.78 is 15.7. The third-order valence-electron chi connectivity index (χ3n) is 3.54. The van der Waals surface area contributed by atoms with Gasteiger partial charge in [-0.1, -0.05) is 6.07 Å². The topological polar surface area (TPSA) is 89.1 Å². The summed E-state index contributed by atoms with van der Waals surface area (Å²) in [5.41, 5.74) is 0.738. The fourth-order valence-corrected chi connectivity index (χ4v) is 2.41. The average Bonchev–Trinajstić information content (AvgIpc) is 2.55. The normalized spacial score (nSPS) is 10.7. The summed E-state index contributed by atoms with van der Waals surface area (Å²) in [6.07, 6.45) is 1.30. The van der Waals surface area contributed by atoms with Crippen molar-refractivity contribution in [2.45, 2.75) is 0 Å². The number of rotatable bonds is 3. The predicted molar refractivity (Wildman–Crippen MR) is 84.4 cm³/mol. The zero-order valence-corrected chi connectivity index (χ0v) is 12.5. The van der Waals surface area contributed by atoms with Gasteiger partial charge in [-0.25, -0.2) is 0 Å². The van der Waals surface area contributed by atoms with Crippen LogP contribution in [0.15, 0.2) is 45.8 Å². The van der Waals surface area contributed by atoms with E-state index in [-0.39, 0.29) is 39.4 Å². The molecule has 0 aliphatic carbocycles. The first-order chi connectivity index (χ1) is 11.0. The Kier molecular flexibility index (Phi) is 3.57. The standard InChI is InChI=1S/C17H14O6/c1-21-13-5-9(3-4-12(13)19)11-8-23-15-7-10(18)6-14(22-2)16(15)17(11)20/h3-8,18-19H,1-2H3. The van der Waals surface area contributed by atoms with Crippen LogP contribution in [0.1, 0.15) is 0 Å². The Bertz CT molecular complexity index is 942. The number of hydrogen-bond donors (Lipinski definition) is 2. The Labute approximate surface area is 131 Å². The Morgan fingerprint density at radius 1 is 1.00 bits per heavy atom. The lowest BCUT2D eigenvalue weighted by Crippen LogP contribution is -2.06. The van der Waals surface area contributed by atoms with Crippen molar-refractivity contribution in [1.82, 2.24) is 0 Å². The van der Waals surface area contributed by atoms with E-state index >= 15 is 0 Å². The van der Waals surface area contributed by atoms with E-state index in [4.69, 9.17) is 13.9 Å². The summed E-state index contributed by atoms with van der Waals surface area (Å²) in [4.78, 5) is 12.8. The van der Waals surface area contributed by atoms with Gasteiger partial charge in [-0.05, 0) is 17.7 Å². The SMILES string of the molecule is COc1cc(-c2coc3cc(O)cc(OC)c3c2=O)ccc1O. The van der Waals surface area contributed by atoms with Crippen molar-refractivity contribution in [2.75, 3.05) is 14.2 Å². The minimum absolute atomic E-state index is 0.0241. The molecule has 3 aromatic rings. The van der Waals surface area contributed by atoms with Crippen molar-refractivity contribution in [3.05, 3.63) is 46.8 Å². The molecule has 0 amide bonds. The molecule has 0 unspecified atom stereocenters. The first-order valence-corrected chi connectivity index (χ1v) is 6.75. The summed E-state index contributed by atoms with van der Waals surface area (Å²) in [5, 5.41) is 19.5. The molecular formula is C17H14O6. The second-order valence-corrected chi connectivity index (χ2v) is 4.89. The largest absolute Gasteiger partial charge is 0.508 e. The lowest BCUT2D eigenvalue weighted by Gasteiger charge is -2.09. The Morgan fingerprint density at radius 2 is 1.74 bits per heavy atom. The maximum atomic E-state index is 12.8. The Hall–Kier alpha value is -3.15. The van der Waals surface area contributed by atoms with Crippen molar-refractivity contribution in [2.24, 2.45) is 0 Å². The molecule has 0 radical (unpaired) electrons. The number of hydrogen-bond acceptors (Lipinski definition) is 6. The van der Waals surface area contributed by atoms with Crippen LogP contribution in [-0.2, 0) is 0 Å². The van der Waals surface area contributed by atoms with Gasteiger partial charge in [-0.3, -0.25) is 4.79 Å². The third kappa shape index (κ3) is 2.44. The first-order valence-electron chi connectivity index (χ1n) is 6.75. The lowest BCUT2D eigenvalue weighted by molar-refractivity contribution is 0.373. The monoisotopic (exact) mass is 314 g/mol. The molecule has 0 saturated carbocycles. The Morgan fingerprint density at radius 3 is 2.43 bits per heavy atom. The second-order valence-electron chi connectivity index (χ2n) is 4.89. The summed E-state index contributed by atoms with van der Waals surface area (Å²) in [5.74, 6) is 0.390. The molecule has 6 nitrogen and oxygen atoms in total. The van der Waals surface area contributed by atoms with E-state index < -0.39 is 0 Å². The van der Waals surface area contributed by atoms with Gasteiger partial charge in [0.2, 0.25) is 5.43 Å². The molecule has 23 heavy (non-hydrogen) atoms. The van der Waals surface area contributed by atoms with Gasteiger partial charge in [-0.15, -0.1) is 0 Å². The molecule has 6 heteroatoms. The van der Waals surface area contributed by atoms with Crippen molar-refractivity contribution < 1.29 is 24.1 Å². The van der Waals surface area contributed by atoms with E-state index in [0.29, 0.717) is 11.1 Å². The molecular weight excluding hydrogens is 300 g/mol. The second kappa shape index (κ2) is 5.57. The number of benzene rings is 2. The molecule has 0 saturated heterocycles. The predicted octanol–water partition coefficient (Wildman–Crippen LogP) is 2.89. The minimum atomic E-state index is -0.309. The van der Waals surface area contributed by atoms with Gasteiger partial charge >= 0.3 is 0 Å². The highest BCUT2D eigenvalue weighted by Crippen LogP contribution is 2.33. The van der Waals surface area contributed by atoms with E-state index in [0.717, 1.165) is 0 Å². The van der Waals surface area contributed by atoms with Crippen molar-refractivity contribution in [3.8, 4) is 34.1 Å². The number of phenols is 2. The van der Waals surface area contributed by atoms with E-state index in [1.165, 1.54) is 38.7 Å². The molecule has 1 aromatic heterocycles. The van der Waals surface area contributed by atoms with Crippen LogP contribution < -0.4 is 14.9 Å². The fourth-order valence-electron chi connectivity index (χ4n) is 2.41. The van der Waals surface area contributed by atoms with Crippen molar-refractivity contribution >= 4 is 11.0 Å².